The molecule has 19 heavy (non-hydrogen) atoms. The number of nitrogens with zero attached hydrogens (tertiary/aromatic N) is 3. The number of aromatic amines is 1. The molecule has 0 radical (unpaired) electrons. The molecule has 1 unspecified atom stereocenters. The predicted octanol–water partition coefficient (Wildman–Crippen LogP) is 0.846. The second-order valence-electron chi connectivity index (χ2n) is 3.97. The van der Waals surface area contributed by atoms with Crippen LogP contribution in [0.1, 0.15) is 0 Å². The van der Waals surface area contributed by atoms with Crippen LogP contribution in [-0.2, 0) is 11.2 Å². The van der Waals surface area contributed by atoms with E-state index < -0.39 is 11.2 Å². The van der Waals surface area contributed by atoms with Crippen LogP contribution < -0.4 is 5.56 Å². The Kier molecular flexibility index (Phi) is 2.84. The van der Waals surface area contributed by atoms with E-state index in [-0.39, 0.29) is 5.56 Å². The molecule has 6 nitrogen and oxygen atoms in total. The molecule has 3 rings (SSSR count). The van der Waals surface area contributed by atoms with E-state index in [0.717, 1.165) is 10.6 Å². The minimum absolute atomic E-state index is 0.220. The zero-order valence-electron chi connectivity index (χ0n) is 10.0. The molecule has 0 saturated heterocycles. The zero-order valence-corrected chi connectivity index (χ0v) is 10.8. The van der Waals surface area contributed by atoms with Crippen molar-refractivity contribution >= 4 is 22.2 Å². The van der Waals surface area contributed by atoms with Gasteiger partial charge >= 0.3 is 0 Å². The quantitative estimate of drug-likeness (QED) is 0.702. The van der Waals surface area contributed by atoms with Gasteiger partial charge in [-0.2, -0.15) is 5.10 Å². The van der Waals surface area contributed by atoms with Crippen molar-refractivity contribution in [2.45, 2.75) is 4.90 Å². The first-order chi connectivity index (χ1) is 9.16. The second-order valence-corrected chi connectivity index (χ2v) is 5.35. The van der Waals surface area contributed by atoms with Crippen LogP contribution in [-0.4, -0.2) is 30.6 Å². The number of fused-ring (bicyclic) bond motifs is 1. The van der Waals surface area contributed by atoms with E-state index >= 15 is 0 Å². The summed E-state index contributed by atoms with van der Waals surface area (Å²) < 4.78 is 12.9. The number of rotatable bonds is 2. The first-order valence-electron chi connectivity index (χ1n) is 5.52. The highest BCUT2D eigenvalue weighted by atomic mass is 32.2. The van der Waals surface area contributed by atoms with E-state index in [1.807, 2.05) is 0 Å². The largest absolute Gasteiger partial charge is 0.612 e. The molecule has 0 aliphatic heterocycles. The molecule has 1 N–H and O–H groups in total. The van der Waals surface area contributed by atoms with E-state index in [0.29, 0.717) is 11.0 Å². The summed E-state index contributed by atoms with van der Waals surface area (Å²) in [4.78, 5) is 18.9. The lowest BCUT2D eigenvalue weighted by atomic mass is 10.3. The molecule has 0 saturated carbocycles. The molecule has 0 bridgehead atoms. The van der Waals surface area contributed by atoms with Gasteiger partial charge in [0.25, 0.3) is 5.56 Å². The Morgan fingerprint density at radius 1 is 1.32 bits per heavy atom. The van der Waals surface area contributed by atoms with E-state index in [9.17, 15) is 9.35 Å². The summed E-state index contributed by atoms with van der Waals surface area (Å²) in [7, 11) is 0. The fourth-order valence-corrected chi connectivity index (χ4v) is 2.34. The van der Waals surface area contributed by atoms with Gasteiger partial charge in [-0.15, -0.1) is 0 Å². The summed E-state index contributed by atoms with van der Waals surface area (Å²) in [5, 5.41) is 4.60. The zero-order chi connectivity index (χ0) is 13.4. The fraction of sp³-hybridized carbons (Fsp3) is 0.0833. The van der Waals surface area contributed by atoms with Crippen LogP contribution in [0.5, 0.6) is 0 Å². The van der Waals surface area contributed by atoms with Gasteiger partial charge in [0.05, 0.1) is 18.2 Å². The molecule has 2 heterocycles. The average molecular weight is 274 g/mol. The Balaban J connectivity index is 2.14. The standard InChI is InChI=1S/C12H10N4O2S/c1-19(18)9-4-2-8(3-5-9)16-11-10(6-15-16)12(17)14-7-13-11/h2-7H,1H3,(H,13,14,17). The van der Waals surface area contributed by atoms with Crippen molar-refractivity contribution < 1.29 is 4.55 Å². The van der Waals surface area contributed by atoms with Gasteiger partial charge in [0.15, 0.2) is 10.5 Å². The maximum Gasteiger partial charge on any atom is 0.261 e. The SMILES string of the molecule is C[S+]([O-])c1ccc(-n2ncc3c(=O)[nH]cnc32)cc1. The van der Waals surface area contributed by atoms with Gasteiger partial charge in [0, 0.05) is 0 Å². The molecule has 7 heteroatoms. The number of hydrogen-bond donors (Lipinski definition) is 1. The Bertz CT molecular complexity index is 776. The number of benzene rings is 1. The van der Waals surface area contributed by atoms with Crippen LogP contribution in [0, 0.1) is 0 Å². The highest BCUT2D eigenvalue weighted by Crippen LogP contribution is 2.16. The minimum Gasteiger partial charge on any atom is -0.612 e. The van der Waals surface area contributed by atoms with E-state index in [2.05, 4.69) is 15.1 Å². The molecular formula is C12H10N4O2S. The van der Waals surface area contributed by atoms with E-state index in [1.165, 1.54) is 12.5 Å². The van der Waals surface area contributed by atoms with Gasteiger partial charge in [-0.3, -0.25) is 4.79 Å². The lowest BCUT2D eigenvalue weighted by molar-refractivity contribution is 0.601. The molecule has 1 atom stereocenters. The number of nitrogens with one attached hydrogen (secondary N) is 1. The summed E-state index contributed by atoms with van der Waals surface area (Å²) >= 11 is -1.02. The molecule has 0 amide bonds. The molecule has 0 fully saturated rings. The van der Waals surface area contributed by atoms with Crippen molar-refractivity contribution in [2.24, 2.45) is 0 Å². The molecule has 3 aromatic rings. The fourth-order valence-electron chi connectivity index (χ4n) is 1.82. The highest BCUT2D eigenvalue weighted by Gasteiger charge is 2.10. The minimum atomic E-state index is -1.02. The Hall–Kier alpha value is -2.12. The van der Waals surface area contributed by atoms with Gasteiger partial charge in [-0.1, -0.05) is 0 Å². The third-order valence-electron chi connectivity index (χ3n) is 2.78. The summed E-state index contributed by atoms with van der Waals surface area (Å²) in [6.45, 7) is 0. The Morgan fingerprint density at radius 2 is 2.05 bits per heavy atom. The van der Waals surface area contributed by atoms with Crippen LogP contribution in [0.4, 0.5) is 0 Å². The lowest BCUT2D eigenvalue weighted by Crippen LogP contribution is -2.06. The van der Waals surface area contributed by atoms with Crippen LogP contribution in [0.25, 0.3) is 16.7 Å². The number of aromatic nitrogens is 4. The third kappa shape index (κ3) is 2.02. The van der Waals surface area contributed by atoms with Gasteiger partial charge in [0.1, 0.15) is 11.6 Å². The van der Waals surface area contributed by atoms with Gasteiger partial charge in [-0.05, 0) is 35.4 Å². The smallest absolute Gasteiger partial charge is 0.261 e. The van der Waals surface area contributed by atoms with Crippen LogP contribution in [0.2, 0.25) is 0 Å². The monoisotopic (exact) mass is 274 g/mol. The topological polar surface area (TPSA) is 86.6 Å². The molecule has 96 valence electrons. The molecule has 2 aromatic heterocycles. The molecule has 1 aromatic carbocycles. The average Bonchev–Trinajstić information content (AvgIpc) is 2.84. The predicted molar refractivity (Wildman–Crippen MR) is 71.8 cm³/mol. The molecule has 0 aliphatic rings. The summed E-state index contributed by atoms with van der Waals surface area (Å²) in [5.41, 5.74) is 1.04. The van der Waals surface area contributed by atoms with Gasteiger partial charge < -0.3 is 9.54 Å². The third-order valence-corrected chi connectivity index (χ3v) is 3.72. The van der Waals surface area contributed by atoms with E-state index in [4.69, 9.17) is 0 Å². The normalized spacial score (nSPS) is 12.7. The summed E-state index contributed by atoms with van der Waals surface area (Å²) in [5.74, 6) is 0. The van der Waals surface area contributed by atoms with Crippen molar-refractivity contribution in [2.75, 3.05) is 6.26 Å². The Labute approximate surface area is 111 Å². The molecule has 0 aliphatic carbocycles. The number of hydrogen-bond acceptors (Lipinski definition) is 4. The molecule has 0 spiro atoms. The van der Waals surface area contributed by atoms with Gasteiger partial charge in [-0.25, -0.2) is 9.67 Å². The van der Waals surface area contributed by atoms with Crippen LogP contribution >= 0.6 is 0 Å². The van der Waals surface area contributed by atoms with Crippen molar-refractivity contribution in [1.82, 2.24) is 19.7 Å². The maximum atomic E-state index is 11.6. The van der Waals surface area contributed by atoms with Crippen LogP contribution in [0.3, 0.4) is 0 Å². The maximum absolute atomic E-state index is 11.6. The first kappa shape index (κ1) is 11.9. The summed E-state index contributed by atoms with van der Waals surface area (Å²) in [6, 6.07) is 7.14. The van der Waals surface area contributed by atoms with Crippen molar-refractivity contribution in [3.63, 3.8) is 0 Å². The van der Waals surface area contributed by atoms with Crippen LogP contribution in [0.15, 0.2) is 46.5 Å². The highest BCUT2D eigenvalue weighted by molar-refractivity contribution is 7.90. The first-order valence-corrected chi connectivity index (χ1v) is 7.08. The van der Waals surface area contributed by atoms with Gasteiger partial charge in [0.2, 0.25) is 0 Å². The lowest BCUT2D eigenvalue weighted by Gasteiger charge is -2.06. The van der Waals surface area contributed by atoms with Crippen molar-refractivity contribution in [1.29, 1.82) is 0 Å². The molecular weight excluding hydrogens is 264 g/mol. The number of H-pyrrole nitrogens is 1. The Morgan fingerprint density at radius 3 is 2.74 bits per heavy atom. The van der Waals surface area contributed by atoms with Crippen molar-refractivity contribution in [3.8, 4) is 5.69 Å². The van der Waals surface area contributed by atoms with Crippen molar-refractivity contribution in [3.05, 3.63) is 47.1 Å². The van der Waals surface area contributed by atoms with E-state index in [1.54, 1.807) is 35.2 Å². The second kappa shape index (κ2) is 4.52. The summed E-state index contributed by atoms with van der Waals surface area (Å²) in [6.07, 6.45) is 4.45.